The minimum Gasteiger partial charge on any atom is -0.495 e. The molecule has 1 fully saturated rings. The van der Waals surface area contributed by atoms with Crippen molar-refractivity contribution in [2.45, 2.75) is 52.1 Å². The van der Waals surface area contributed by atoms with E-state index in [1.54, 1.807) is 31.4 Å². The third-order valence-corrected chi connectivity index (χ3v) is 6.31. The lowest BCUT2D eigenvalue weighted by molar-refractivity contribution is -0.140. The molecule has 3 aromatic rings. The first-order valence-electron chi connectivity index (χ1n) is 12.8. The van der Waals surface area contributed by atoms with Crippen molar-refractivity contribution >= 4 is 22.3 Å². The molecule has 0 spiro atoms. The highest BCUT2D eigenvalue weighted by Crippen LogP contribution is 2.31. The quantitative estimate of drug-likeness (QED) is 0.282. The number of nitrogens with one attached hydrogen (secondary N) is 2. The van der Waals surface area contributed by atoms with Crippen LogP contribution in [0.3, 0.4) is 0 Å². The predicted octanol–water partition coefficient (Wildman–Crippen LogP) is 6.46. The van der Waals surface area contributed by atoms with Gasteiger partial charge in [-0.3, -0.25) is 0 Å². The monoisotopic (exact) mass is 532 g/mol. The van der Waals surface area contributed by atoms with Crippen LogP contribution in [0.5, 0.6) is 5.75 Å². The largest absolute Gasteiger partial charge is 0.495 e. The number of aromatic nitrogens is 1. The van der Waals surface area contributed by atoms with Crippen molar-refractivity contribution in [1.82, 2.24) is 9.47 Å². The van der Waals surface area contributed by atoms with Crippen molar-refractivity contribution in [2.24, 2.45) is 0 Å². The van der Waals surface area contributed by atoms with Crippen molar-refractivity contribution in [1.29, 1.82) is 0 Å². The summed E-state index contributed by atoms with van der Waals surface area (Å²) >= 11 is 0. The minimum absolute atomic E-state index is 0.219. The molecule has 0 saturated carbocycles. The van der Waals surface area contributed by atoms with Crippen molar-refractivity contribution in [2.75, 3.05) is 44.4 Å². The number of aryl methyl sites for hydroxylation is 1. The second kappa shape index (κ2) is 12.9. The first kappa shape index (κ1) is 29.2. The molecular weight excluding hydrogens is 496 g/mol. The molecule has 0 amide bonds. The van der Waals surface area contributed by atoms with Crippen LogP contribution in [-0.4, -0.2) is 61.6 Å². The first-order chi connectivity index (χ1) is 18.1. The molecule has 0 bridgehead atoms. The van der Waals surface area contributed by atoms with E-state index in [0.717, 1.165) is 17.8 Å². The first-order valence-corrected chi connectivity index (χ1v) is 12.8. The van der Waals surface area contributed by atoms with Crippen LogP contribution in [0, 0.1) is 18.8 Å². The van der Waals surface area contributed by atoms with Gasteiger partial charge in [0.05, 0.1) is 36.6 Å². The van der Waals surface area contributed by atoms with E-state index in [2.05, 4.69) is 22.5 Å². The summed E-state index contributed by atoms with van der Waals surface area (Å²) in [6.07, 6.45) is -4.88. The van der Waals surface area contributed by atoms with E-state index in [4.69, 9.17) is 4.74 Å². The topological polar surface area (TPSA) is 41.5 Å². The smallest absolute Gasteiger partial charge is 0.406 e. The molecule has 9 heteroatoms. The maximum absolute atomic E-state index is 14.6. The number of piperidine rings is 1. The zero-order chi connectivity index (χ0) is 27.9. The fourth-order valence-corrected chi connectivity index (χ4v) is 4.50. The summed E-state index contributed by atoms with van der Waals surface area (Å²) in [7, 11) is 3.44. The van der Waals surface area contributed by atoms with E-state index in [1.165, 1.54) is 4.57 Å². The number of hydrogen-bond acceptors (Lipinski definition) is 4. The SMILES string of the molecule is CC.COc1cc(C)ccc1NCC#Cc1cc2c(NC3CCN(C)CC3F)cccc2n1CC(F)(F)F. The lowest BCUT2D eigenvalue weighted by Crippen LogP contribution is -2.46. The number of alkyl halides is 4. The summed E-state index contributed by atoms with van der Waals surface area (Å²) in [6.45, 7) is 6.08. The molecule has 1 aliphatic heterocycles. The van der Waals surface area contributed by atoms with E-state index >= 15 is 0 Å². The van der Waals surface area contributed by atoms with Crippen molar-refractivity contribution in [3.63, 3.8) is 0 Å². The number of benzene rings is 2. The van der Waals surface area contributed by atoms with E-state index in [1.807, 2.05) is 50.9 Å². The average Bonchev–Trinajstić information content (AvgIpc) is 3.22. The maximum Gasteiger partial charge on any atom is 0.406 e. The van der Waals surface area contributed by atoms with Crippen LogP contribution in [0.15, 0.2) is 42.5 Å². The number of fused-ring (bicyclic) bond motifs is 1. The molecule has 2 N–H and O–H groups in total. The van der Waals surface area contributed by atoms with Gasteiger partial charge in [-0.05, 0) is 62.2 Å². The molecule has 38 heavy (non-hydrogen) atoms. The highest BCUT2D eigenvalue weighted by Gasteiger charge is 2.31. The summed E-state index contributed by atoms with van der Waals surface area (Å²) in [5.41, 5.74) is 3.05. The molecular formula is C29H36F4N4O. The maximum atomic E-state index is 14.6. The Morgan fingerprint density at radius 2 is 1.87 bits per heavy atom. The summed E-state index contributed by atoms with van der Waals surface area (Å²) in [4.78, 5) is 1.93. The van der Waals surface area contributed by atoms with Crippen LogP contribution in [0.25, 0.3) is 10.9 Å². The van der Waals surface area contributed by atoms with Gasteiger partial charge in [0.25, 0.3) is 0 Å². The van der Waals surface area contributed by atoms with E-state index < -0.39 is 24.9 Å². The zero-order valence-electron chi connectivity index (χ0n) is 22.5. The van der Waals surface area contributed by atoms with Gasteiger partial charge < -0.3 is 24.8 Å². The lowest BCUT2D eigenvalue weighted by Gasteiger charge is -2.33. The molecule has 1 aromatic heterocycles. The van der Waals surface area contributed by atoms with E-state index in [9.17, 15) is 17.6 Å². The van der Waals surface area contributed by atoms with Gasteiger partial charge in [0.15, 0.2) is 0 Å². The van der Waals surface area contributed by atoms with Crippen LogP contribution in [0.1, 0.15) is 31.5 Å². The van der Waals surface area contributed by atoms with Gasteiger partial charge in [-0.15, -0.1) is 0 Å². The van der Waals surface area contributed by atoms with Crippen LogP contribution in [0.2, 0.25) is 0 Å². The van der Waals surface area contributed by atoms with Crippen LogP contribution < -0.4 is 15.4 Å². The molecule has 206 valence electrons. The summed E-state index contributed by atoms with van der Waals surface area (Å²) in [5, 5.41) is 6.97. The van der Waals surface area contributed by atoms with Crippen molar-refractivity contribution in [3.8, 4) is 17.6 Å². The Morgan fingerprint density at radius 3 is 2.55 bits per heavy atom. The second-order valence-corrected chi connectivity index (χ2v) is 9.15. The summed E-state index contributed by atoms with van der Waals surface area (Å²) in [6, 6.07) is 12.0. The fourth-order valence-electron chi connectivity index (χ4n) is 4.50. The standard InChI is InChI=1S/C27H30F4N4O.C2H6/c1-18-9-10-24(26(14-18)36-3)32-12-5-6-19-15-20-22(33-23-11-13-34(2)16-21(23)28)7-4-8-25(20)35(19)17-27(29,30)31;1-2/h4,7-10,14-15,21,23,32-33H,11-13,16-17H2,1-3H3;1-2H3. The Balaban J connectivity index is 0.00000195. The Kier molecular flexibility index (Phi) is 9.92. The number of methoxy groups -OCH3 is 1. The number of likely N-dealkylation sites (tertiary alicyclic amines) is 1. The van der Waals surface area contributed by atoms with Gasteiger partial charge >= 0.3 is 6.18 Å². The summed E-state index contributed by atoms with van der Waals surface area (Å²) < 4.78 is 61.5. The average molecular weight is 533 g/mol. The van der Waals surface area contributed by atoms with Crippen LogP contribution in [0.4, 0.5) is 28.9 Å². The molecule has 2 aromatic carbocycles. The van der Waals surface area contributed by atoms with Crippen LogP contribution >= 0.6 is 0 Å². The predicted molar refractivity (Wildman–Crippen MR) is 147 cm³/mol. The van der Waals surface area contributed by atoms with Gasteiger partial charge in [-0.2, -0.15) is 13.2 Å². The molecule has 1 aliphatic rings. The fraction of sp³-hybridized carbons (Fsp3) is 0.448. The number of rotatable bonds is 6. The third-order valence-electron chi connectivity index (χ3n) is 6.31. The number of anilines is 2. The highest BCUT2D eigenvalue weighted by molar-refractivity contribution is 5.94. The Hall–Kier alpha value is -3.38. The normalized spacial score (nSPS) is 17.7. The molecule has 0 aliphatic carbocycles. The molecule has 0 radical (unpaired) electrons. The van der Waals surface area contributed by atoms with Gasteiger partial charge in [0.1, 0.15) is 18.5 Å². The number of halogens is 4. The highest BCUT2D eigenvalue weighted by atomic mass is 19.4. The third kappa shape index (κ3) is 7.35. The summed E-state index contributed by atoms with van der Waals surface area (Å²) in [5.74, 6) is 6.48. The lowest BCUT2D eigenvalue weighted by atomic mass is 10.0. The second-order valence-electron chi connectivity index (χ2n) is 9.15. The van der Waals surface area contributed by atoms with Crippen LogP contribution in [-0.2, 0) is 6.54 Å². The van der Waals surface area contributed by atoms with E-state index in [0.29, 0.717) is 35.3 Å². The van der Waals surface area contributed by atoms with Gasteiger partial charge in [-0.25, -0.2) is 4.39 Å². The molecule has 4 rings (SSSR count). The Morgan fingerprint density at radius 1 is 1.11 bits per heavy atom. The van der Waals surface area contributed by atoms with Gasteiger partial charge in [-0.1, -0.05) is 31.9 Å². The van der Waals surface area contributed by atoms with Gasteiger partial charge in [0.2, 0.25) is 0 Å². The molecule has 5 nitrogen and oxygen atoms in total. The Bertz CT molecular complexity index is 1280. The number of hydrogen-bond donors (Lipinski definition) is 2. The van der Waals surface area contributed by atoms with Crippen molar-refractivity contribution < 1.29 is 22.3 Å². The molecule has 2 heterocycles. The molecule has 2 atom stereocenters. The zero-order valence-corrected chi connectivity index (χ0v) is 22.5. The van der Waals surface area contributed by atoms with E-state index in [-0.39, 0.29) is 12.2 Å². The van der Waals surface area contributed by atoms with Crippen molar-refractivity contribution in [3.05, 3.63) is 53.7 Å². The number of ether oxygens (including phenoxy) is 1. The van der Waals surface area contributed by atoms with Gasteiger partial charge in [0, 0.05) is 24.2 Å². The minimum atomic E-state index is -4.42. The molecule has 1 saturated heterocycles. The number of nitrogens with zero attached hydrogens (tertiary/aromatic N) is 2. The Labute approximate surface area is 222 Å². The molecule has 2 unspecified atom stereocenters.